The van der Waals surface area contributed by atoms with Crippen molar-refractivity contribution in [2.75, 3.05) is 36.8 Å². The highest BCUT2D eigenvalue weighted by molar-refractivity contribution is 7.16. The number of amides is 2. The number of aromatic hydroxyl groups is 1. The molecule has 0 unspecified atom stereocenters. The second kappa shape index (κ2) is 16.4. The van der Waals surface area contributed by atoms with Gasteiger partial charge in [-0.05, 0) is 49.1 Å². The summed E-state index contributed by atoms with van der Waals surface area (Å²) in [6, 6.07) is 20.0. The Morgan fingerprint density at radius 2 is 1.60 bits per heavy atom. The molecule has 2 heterocycles. The van der Waals surface area contributed by atoms with E-state index in [1.54, 1.807) is 12.1 Å². The fourth-order valence-corrected chi connectivity index (χ4v) is 7.01. The molecule has 0 radical (unpaired) electrons. The third kappa shape index (κ3) is 8.44. The van der Waals surface area contributed by atoms with Crippen molar-refractivity contribution in [3.63, 3.8) is 0 Å². The summed E-state index contributed by atoms with van der Waals surface area (Å²) in [5, 5.41) is 17.5. The predicted molar refractivity (Wildman–Crippen MR) is 190 cm³/mol. The maximum absolute atomic E-state index is 14.9. The molecule has 2 amide bonds. The number of phenols is 1. The van der Waals surface area contributed by atoms with E-state index in [-0.39, 0.29) is 48.2 Å². The number of piperidine rings is 1. The molecule has 52 heavy (non-hydrogen) atoms. The van der Waals surface area contributed by atoms with Gasteiger partial charge in [0, 0.05) is 43.7 Å². The van der Waals surface area contributed by atoms with E-state index >= 15 is 0 Å². The smallest absolute Gasteiger partial charge is 0.411 e. The Kier molecular flexibility index (Phi) is 11.5. The number of aromatic nitrogens is 1. The number of anilines is 2. The van der Waals surface area contributed by atoms with Gasteiger partial charge in [0.05, 0.1) is 10.4 Å². The molecule has 1 aliphatic heterocycles. The fraction of sp³-hybridized carbons (Fsp3) is 0.270. The van der Waals surface area contributed by atoms with Crippen LogP contribution in [-0.4, -0.2) is 59.3 Å². The van der Waals surface area contributed by atoms with Gasteiger partial charge in [0.2, 0.25) is 5.91 Å². The lowest BCUT2D eigenvalue weighted by molar-refractivity contribution is -0.116. The maximum Gasteiger partial charge on any atom is 0.411 e. The van der Waals surface area contributed by atoms with Gasteiger partial charge in [0.25, 0.3) is 0 Å². The zero-order chi connectivity index (χ0) is 36.8. The highest BCUT2D eigenvalue weighted by atomic mass is 32.1. The molecule has 1 aliphatic rings. The van der Waals surface area contributed by atoms with E-state index in [1.807, 2.05) is 58.7 Å². The summed E-state index contributed by atoms with van der Waals surface area (Å²) in [6.07, 6.45) is 0.145. The molecule has 0 spiro atoms. The van der Waals surface area contributed by atoms with Crippen LogP contribution in [0.2, 0.25) is 0 Å². The molecule has 1 saturated heterocycles. The number of rotatable bonds is 12. The molecule has 0 bridgehead atoms. The monoisotopic (exact) mass is 737 g/mol. The second-order valence-electron chi connectivity index (χ2n) is 12.3. The van der Waals surface area contributed by atoms with Crippen LogP contribution in [0.15, 0.2) is 71.5 Å². The van der Waals surface area contributed by atoms with Gasteiger partial charge in [0.1, 0.15) is 23.1 Å². The molecular weight excluding hydrogens is 702 g/mol. The highest BCUT2D eigenvalue weighted by Gasteiger charge is 2.27. The molecule has 5 N–H and O–H groups in total. The molecule has 5 aromatic rings. The Balaban J connectivity index is 0.953. The minimum Gasteiger partial charge on any atom is -0.506 e. The zero-order valence-corrected chi connectivity index (χ0v) is 28.6. The quantitative estimate of drug-likeness (QED) is 0.0535. The summed E-state index contributed by atoms with van der Waals surface area (Å²) < 4.78 is 65.8. The number of hydrogen-bond donors (Lipinski definition) is 5. The van der Waals surface area contributed by atoms with Gasteiger partial charge >= 0.3 is 11.0 Å². The summed E-state index contributed by atoms with van der Waals surface area (Å²) in [5.74, 6) is -7.63. The van der Waals surface area contributed by atoms with Gasteiger partial charge in [0.15, 0.2) is 23.3 Å². The van der Waals surface area contributed by atoms with E-state index in [2.05, 4.69) is 15.6 Å². The number of para-hydroxylation sites is 1. The molecule has 0 aliphatic carbocycles. The Morgan fingerprint density at radius 3 is 2.33 bits per heavy atom. The van der Waals surface area contributed by atoms with Crippen molar-refractivity contribution in [1.29, 1.82) is 0 Å². The van der Waals surface area contributed by atoms with E-state index in [0.717, 1.165) is 22.5 Å². The predicted octanol–water partition coefficient (Wildman–Crippen LogP) is 6.89. The minimum atomic E-state index is -1.72. The average Bonchev–Trinajstić information content (AvgIpc) is 3.56. The van der Waals surface area contributed by atoms with Crippen LogP contribution in [0.3, 0.4) is 0 Å². The van der Waals surface area contributed by atoms with Crippen LogP contribution in [-0.2, 0) is 22.5 Å². The Morgan fingerprint density at radius 1 is 0.904 bits per heavy atom. The Bertz CT molecular complexity index is 2110. The van der Waals surface area contributed by atoms with Gasteiger partial charge in [-0.3, -0.25) is 14.9 Å². The van der Waals surface area contributed by atoms with Crippen LogP contribution in [0.5, 0.6) is 5.75 Å². The lowest BCUT2D eigenvalue weighted by atomic mass is 10.0. The summed E-state index contributed by atoms with van der Waals surface area (Å²) in [6.45, 7) is 0.766. The van der Waals surface area contributed by atoms with E-state index in [0.29, 0.717) is 41.9 Å². The van der Waals surface area contributed by atoms with Crippen molar-refractivity contribution >= 4 is 44.9 Å². The number of benzene rings is 4. The molecular formula is C37H35F4N5O5S. The molecule has 272 valence electrons. The SMILES string of the molecule is O=C(CCN1CCC(OC(=O)Nc2ccccc2-c2ccccc2)CC1)Nc1c(F)c(F)c(CNCCc2ccc(O)c3[nH]c(=O)sc23)c(F)c1F. The summed E-state index contributed by atoms with van der Waals surface area (Å²) in [5.41, 5.74) is 1.31. The number of halogens is 4. The topological polar surface area (TPSA) is 136 Å². The standard InChI is InChI=1S/C37H35F4N5O5S/c38-29-25(20-42-16-12-22-10-11-27(47)33-35(22)52-37(50)45-33)30(39)32(41)34(31(29)40)44-28(48)15-19-46-17-13-23(14-18-46)51-36(49)43-26-9-5-4-8-24(26)21-6-2-1-3-7-21/h1-11,23,42,47H,12-20H2,(H,43,49)(H,44,48)(H,45,50). The molecule has 15 heteroatoms. The van der Waals surface area contributed by atoms with Crippen molar-refractivity contribution in [2.24, 2.45) is 0 Å². The molecule has 0 saturated carbocycles. The number of thiazole rings is 1. The van der Waals surface area contributed by atoms with Crippen LogP contribution in [0, 0.1) is 23.3 Å². The maximum atomic E-state index is 14.9. The Hall–Kier alpha value is -5.25. The number of phenolic OH excluding ortho intramolecular Hbond substituents is 1. The third-order valence-corrected chi connectivity index (χ3v) is 9.80. The van der Waals surface area contributed by atoms with E-state index in [4.69, 9.17) is 4.74 Å². The fourth-order valence-electron chi connectivity index (χ4n) is 6.11. The second-order valence-corrected chi connectivity index (χ2v) is 13.3. The Labute approximate surface area is 299 Å². The highest BCUT2D eigenvalue weighted by Crippen LogP contribution is 2.31. The number of H-pyrrole nitrogens is 1. The number of nitrogens with zero attached hydrogens (tertiary/aromatic N) is 1. The molecule has 6 rings (SSSR count). The van der Waals surface area contributed by atoms with Crippen molar-refractivity contribution in [3.05, 3.63) is 111 Å². The first-order valence-corrected chi connectivity index (χ1v) is 17.4. The lowest BCUT2D eigenvalue weighted by Gasteiger charge is -2.31. The summed E-state index contributed by atoms with van der Waals surface area (Å²) in [7, 11) is 0. The molecule has 10 nitrogen and oxygen atoms in total. The number of likely N-dealkylation sites (tertiary alicyclic amines) is 1. The number of aromatic amines is 1. The first kappa shape index (κ1) is 36.5. The minimum absolute atomic E-state index is 0.0947. The summed E-state index contributed by atoms with van der Waals surface area (Å²) in [4.78, 5) is 41.1. The van der Waals surface area contributed by atoms with Gasteiger partial charge in [-0.25, -0.2) is 22.4 Å². The first-order chi connectivity index (χ1) is 25.1. The van der Waals surface area contributed by atoms with E-state index in [9.17, 15) is 37.1 Å². The molecule has 4 aromatic carbocycles. The largest absolute Gasteiger partial charge is 0.506 e. The van der Waals surface area contributed by atoms with Crippen molar-refractivity contribution in [3.8, 4) is 16.9 Å². The third-order valence-electron chi connectivity index (χ3n) is 8.84. The number of carbonyl (C=O) groups is 2. The number of hydrogen-bond acceptors (Lipinski definition) is 8. The van der Waals surface area contributed by atoms with Crippen molar-refractivity contribution in [2.45, 2.75) is 38.3 Å². The molecule has 1 aromatic heterocycles. The van der Waals surface area contributed by atoms with Crippen LogP contribution >= 0.6 is 11.3 Å². The molecule has 1 fully saturated rings. The van der Waals surface area contributed by atoms with Gasteiger partial charge < -0.3 is 30.4 Å². The van der Waals surface area contributed by atoms with Crippen LogP contribution in [0.25, 0.3) is 21.3 Å². The number of fused-ring (bicyclic) bond motifs is 1. The lowest BCUT2D eigenvalue weighted by Crippen LogP contribution is -2.39. The van der Waals surface area contributed by atoms with Crippen molar-refractivity contribution in [1.82, 2.24) is 15.2 Å². The van der Waals surface area contributed by atoms with E-state index in [1.165, 1.54) is 6.07 Å². The number of nitrogens with one attached hydrogen (secondary N) is 4. The van der Waals surface area contributed by atoms with Gasteiger partial charge in [-0.2, -0.15) is 0 Å². The number of ether oxygens (including phenoxy) is 1. The normalized spacial score (nSPS) is 13.7. The first-order valence-electron chi connectivity index (χ1n) is 16.6. The zero-order valence-electron chi connectivity index (χ0n) is 27.7. The van der Waals surface area contributed by atoms with E-state index < -0.39 is 53.1 Å². The number of carbonyl (C=O) groups excluding carboxylic acids is 2. The van der Waals surface area contributed by atoms with Crippen LogP contribution < -0.4 is 20.8 Å². The van der Waals surface area contributed by atoms with Gasteiger partial charge in [-0.1, -0.05) is 65.9 Å². The molecule has 0 atom stereocenters. The van der Waals surface area contributed by atoms with Crippen LogP contribution in [0.1, 0.15) is 30.4 Å². The summed E-state index contributed by atoms with van der Waals surface area (Å²) >= 11 is 0.902. The van der Waals surface area contributed by atoms with Gasteiger partial charge in [-0.15, -0.1) is 0 Å². The average molecular weight is 738 g/mol. The van der Waals surface area contributed by atoms with Crippen LogP contribution in [0.4, 0.5) is 33.7 Å². The van der Waals surface area contributed by atoms with Crippen molar-refractivity contribution < 1.29 is 37.0 Å².